The lowest BCUT2D eigenvalue weighted by molar-refractivity contribution is -0.115. The molecule has 162 valence electrons. The van der Waals surface area contributed by atoms with Crippen molar-refractivity contribution in [2.45, 2.75) is 10.6 Å². The topological polar surface area (TPSA) is 87.3 Å². The summed E-state index contributed by atoms with van der Waals surface area (Å²) in [6.45, 7) is 0. The van der Waals surface area contributed by atoms with Crippen LogP contribution in [-0.2, 0) is 21.2 Å². The second-order valence-corrected chi connectivity index (χ2v) is 9.88. The van der Waals surface area contributed by atoms with E-state index in [9.17, 15) is 13.2 Å². The molecule has 0 aliphatic carbocycles. The summed E-state index contributed by atoms with van der Waals surface area (Å²) in [4.78, 5) is 12.4. The van der Waals surface area contributed by atoms with Gasteiger partial charge in [-0.25, -0.2) is 8.42 Å². The number of para-hydroxylation sites is 1. The zero-order valence-corrected chi connectivity index (χ0v) is 18.6. The molecule has 1 aromatic heterocycles. The van der Waals surface area contributed by atoms with E-state index in [2.05, 4.69) is 15.4 Å². The molecule has 32 heavy (non-hydrogen) atoms. The monoisotopic (exact) mass is 463 g/mol. The molecule has 4 aromatic rings. The van der Waals surface area contributed by atoms with Crippen molar-refractivity contribution in [2.24, 2.45) is 0 Å². The molecule has 0 bridgehead atoms. The first-order chi connectivity index (χ1) is 15.5. The van der Waals surface area contributed by atoms with Gasteiger partial charge in [0.05, 0.1) is 6.42 Å². The van der Waals surface area contributed by atoms with Crippen LogP contribution in [0.3, 0.4) is 0 Å². The molecule has 1 amide bonds. The summed E-state index contributed by atoms with van der Waals surface area (Å²) in [5, 5.41) is 7.88. The van der Waals surface area contributed by atoms with Crippen molar-refractivity contribution >= 4 is 50.0 Å². The molecule has 0 aliphatic heterocycles. The Morgan fingerprint density at radius 2 is 1.34 bits per heavy atom. The Morgan fingerprint density at radius 1 is 0.719 bits per heavy atom. The highest BCUT2D eigenvalue weighted by Crippen LogP contribution is 2.21. The molecule has 0 unspecified atom stereocenters. The number of benzene rings is 3. The van der Waals surface area contributed by atoms with Crippen LogP contribution in [0.1, 0.15) is 5.56 Å². The van der Waals surface area contributed by atoms with Gasteiger partial charge in [0.2, 0.25) is 5.91 Å². The number of carbonyl (C=O) groups is 1. The minimum absolute atomic E-state index is 0.152. The number of thiophene rings is 1. The lowest BCUT2D eigenvalue weighted by atomic mass is 10.1. The molecule has 0 fully saturated rings. The summed E-state index contributed by atoms with van der Waals surface area (Å²) < 4.78 is 27.4. The maximum Gasteiger partial charge on any atom is 0.271 e. The number of amides is 1. The Kier molecular flexibility index (Phi) is 6.53. The number of hydrogen-bond donors (Lipinski definition) is 3. The van der Waals surface area contributed by atoms with Crippen molar-refractivity contribution in [3.8, 4) is 0 Å². The van der Waals surface area contributed by atoms with Crippen LogP contribution in [0.5, 0.6) is 0 Å². The largest absolute Gasteiger partial charge is 0.356 e. The van der Waals surface area contributed by atoms with Gasteiger partial charge in [0, 0.05) is 22.7 Å². The molecule has 4 rings (SSSR count). The summed E-state index contributed by atoms with van der Waals surface area (Å²) in [5.41, 5.74) is 3.85. The quantitative estimate of drug-likeness (QED) is 0.323. The van der Waals surface area contributed by atoms with Crippen LogP contribution in [0.2, 0.25) is 0 Å². The molecular weight excluding hydrogens is 442 g/mol. The maximum atomic E-state index is 12.4. The van der Waals surface area contributed by atoms with Crippen molar-refractivity contribution in [3.63, 3.8) is 0 Å². The molecule has 6 nitrogen and oxygen atoms in total. The second kappa shape index (κ2) is 9.67. The Hall–Kier alpha value is -3.62. The fraction of sp³-hybridized carbons (Fsp3) is 0.0417. The van der Waals surface area contributed by atoms with E-state index in [-0.39, 0.29) is 16.5 Å². The third kappa shape index (κ3) is 5.75. The molecule has 3 aromatic carbocycles. The van der Waals surface area contributed by atoms with Crippen molar-refractivity contribution < 1.29 is 13.2 Å². The van der Waals surface area contributed by atoms with E-state index in [0.29, 0.717) is 11.4 Å². The highest BCUT2D eigenvalue weighted by atomic mass is 32.2. The first-order valence-corrected chi connectivity index (χ1v) is 12.2. The summed E-state index contributed by atoms with van der Waals surface area (Å²) in [7, 11) is -3.59. The van der Waals surface area contributed by atoms with E-state index in [4.69, 9.17) is 0 Å². The predicted octanol–water partition coefficient (Wildman–Crippen LogP) is 5.47. The second-order valence-electron chi connectivity index (χ2n) is 7.03. The first-order valence-electron chi connectivity index (χ1n) is 9.85. The third-order valence-corrected chi connectivity index (χ3v) is 7.34. The van der Waals surface area contributed by atoms with Gasteiger partial charge in [-0.05, 0) is 65.5 Å². The Balaban J connectivity index is 1.31. The van der Waals surface area contributed by atoms with Crippen LogP contribution in [0, 0.1) is 0 Å². The van der Waals surface area contributed by atoms with E-state index >= 15 is 0 Å². The molecule has 0 saturated carbocycles. The zero-order valence-electron chi connectivity index (χ0n) is 17.0. The van der Waals surface area contributed by atoms with Crippen LogP contribution >= 0.6 is 11.3 Å². The fourth-order valence-corrected chi connectivity index (χ4v) is 5.08. The lowest BCUT2D eigenvalue weighted by Gasteiger charge is -2.09. The van der Waals surface area contributed by atoms with Crippen LogP contribution in [-0.4, -0.2) is 14.3 Å². The minimum atomic E-state index is -3.59. The number of sulfonamides is 1. The molecule has 3 N–H and O–H groups in total. The van der Waals surface area contributed by atoms with E-state index < -0.39 is 10.0 Å². The van der Waals surface area contributed by atoms with Crippen LogP contribution in [0.15, 0.2) is 101 Å². The molecule has 8 heteroatoms. The van der Waals surface area contributed by atoms with Gasteiger partial charge in [0.15, 0.2) is 0 Å². The molecule has 0 saturated heterocycles. The zero-order chi connectivity index (χ0) is 22.4. The number of rotatable bonds is 8. The highest BCUT2D eigenvalue weighted by molar-refractivity contribution is 7.94. The van der Waals surface area contributed by atoms with E-state index in [1.807, 2.05) is 54.6 Å². The highest BCUT2D eigenvalue weighted by Gasteiger charge is 2.15. The Labute approximate surface area is 191 Å². The number of hydrogen-bond acceptors (Lipinski definition) is 5. The number of carbonyl (C=O) groups excluding carboxylic acids is 1. The summed E-state index contributed by atoms with van der Waals surface area (Å²) in [6.07, 6.45) is 0.183. The average Bonchev–Trinajstić information content (AvgIpc) is 3.33. The molecule has 0 atom stereocenters. The molecule has 0 aliphatic rings. The first kappa shape index (κ1) is 21.6. The Morgan fingerprint density at radius 3 is 2.00 bits per heavy atom. The van der Waals surface area contributed by atoms with Crippen molar-refractivity contribution in [1.29, 1.82) is 0 Å². The summed E-state index contributed by atoms with van der Waals surface area (Å²) >= 11 is 1.16. The fourth-order valence-electron chi connectivity index (χ4n) is 3.03. The molecule has 0 spiro atoms. The predicted molar refractivity (Wildman–Crippen MR) is 130 cm³/mol. The smallest absolute Gasteiger partial charge is 0.271 e. The standard InChI is InChI=1S/C24H21N3O3S2/c28-23(26-21-14-12-20(13-15-21)25-19-5-2-1-3-6-19)17-18-8-10-22(11-9-18)27-32(29,30)24-7-4-16-31-24/h1-16,25,27H,17H2,(H,26,28). The maximum absolute atomic E-state index is 12.4. The summed E-state index contributed by atoms with van der Waals surface area (Å²) in [5.74, 6) is -0.152. The van der Waals surface area contributed by atoms with Gasteiger partial charge < -0.3 is 10.6 Å². The Bertz CT molecular complexity index is 1270. The van der Waals surface area contributed by atoms with Crippen LogP contribution in [0.4, 0.5) is 22.7 Å². The lowest BCUT2D eigenvalue weighted by Crippen LogP contribution is -2.14. The third-order valence-electron chi connectivity index (χ3n) is 4.56. The number of nitrogens with one attached hydrogen (secondary N) is 3. The van der Waals surface area contributed by atoms with Crippen molar-refractivity contribution in [2.75, 3.05) is 15.4 Å². The SMILES string of the molecule is O=C(Cc1ccc(NS(=O)(=O)c2cccs2)cc1)Nc1ccc(Nc2ccccc2)cc1. The summed E-state index contributed by atoms with van der Waals surface area (Å²) in [6, 6.07) is 27.3. The van der Waals surface area contributed by atoms with Gasteiger partial charge in [-0.1, -0.05) is 36.4 Å². The van der Waals surface area contributed by atoms with Crippen LogP contribution < -0.4 is 15.4 Å². The minimum Gasteiger partial charge on any atom is -0.356 e. The van der Waals surface area contributed by atoms with Gasteiger partial charge in [0.1, 0.15) is 4.21 Å². The van der Waals surface area contributed by atoms with E-state index in [1.54, 1.807) is 41.8 Å². The van der Waals surface area contributed by atoms with Gasteiger partial charge in [0.25, 0.3) is 10.0 Å². The molecule has 0 radical (unpaired) electrons. The van der Waals surface area contributed by atoms with Crippen molar-refractivity contribution in [3.05, 3.63) is 102 Å². The van der Waals surface area contributed by atoms with Gasteiger partial charge >= 0.3 is 0 Å². The average molecular weight is 464 g/mol. The molecular formula is C24H21N3O3S2. The number of anilines is 4. The van der Waals surface area contributed by atoms with Gasteiger partial charge in [-0.3, -0.25) is 9.52 Å². The van der Waals surface area contributed by atoms with E-state index in [0.717, 1.165) is 28.3 Å². The normalized spacial score (nSPS) is 11.0. The van der Waals surface area contributed by atoms with E-state index in [1.165, 1.54) is 0 Å². The van der Waals surface area contributed by atoms with Gasteiger partial charge in [-0.15, -0.1) is 11.3 Å². The van der Waals surface area contributed by atoms with Crippen molar-refractivity contribution in [1.82, 2.24) is 0 Å². The molecule has 1 heterocycles. The van der Waals surface area contributed by atoms with Crippen LogP contribution in [0.25, 0.3) is 0 Å². The van der Waals surface area contributed by atoms with Gasteiger partial charge in [-0.2, -0.15) is 0 Å².